The van der Waals surface area contributed by atoms with Gasteiger partial charge in [-0.15, -0.1) is 0 Å². The number of H-pyrrole nitrogens is 1. The number of carbonyl (C=O) groups is 2. The minimum Gasteiger partial charge on any atom is -0.497 e. The van der Waals surface area contributed by atoms with Crippen molar-refractivity contribution >= 4 is 22.7 Å². The Bertz CT molecular complexity index is 996. The Balaban J connectivity index is 1.48. The summed E-state index contributed by atoms with van der Waals surface area (Å²) in [6.07, 6.45) is 0.727. The largest absolute Gasteiger partial charge is 0.497 e. The molecule has 2 aromatic rings. The summed E-state index contributed by atoms with van der Waals surface area (Å²) in [6.45, 7) is 7.09. The Morgan fingerprint density at radius 1 is 1.17 bits per heavy atom. The number of hydrogen-bond donors (Lipinski definition) is 1. The number of benzene rings is 1. The van der Waals surface area contributed by atoms with Crippen molar-refractivity contribution in [3.8, 4) is 5.75 Å². The number of nitrogens with zero attached hydrogens (tertiary/aromatic N) is 3. The Morgan fingerprint density at radius 3 is 2.73 bits per heavy atom. The molecule has 2 fully saturated rings. The van der Waals surface area contributed by atoms with E-state index in [2.05, 4.69) is 9.88 Å². The van der Waals surface area contributed by atoms with Crippen molar-refractivity contribution in [3.05, 3.63) is 29.5 Å². The monoisotopic (exact) mass is 412 g/mol. The number of morpholine rings is 1. The zero-order chi connectivity index (χ0) is 20.9. The predicted molar refractivity (Wildman–Crippen MR) is 111 cm³/mol. The van der Waals surface area contributed by atoms with Gasteiger partial charge < -0.3 is 24.3 Å². The van der Waals surface area contributed by atoms with Crippen molar-refractivity contribution in [1.82, 2.24) is 19.7 Å². The normalized spacial score (nSPS) is 24.9. The van der Waals surface area contributed by atoms with Crippen LogP contribution in [0.5, 0.6) is 5.75 Å². The Morgan fingerprint density at radius 2 is 1.97 bits per heavy atom. The molecule has 0 unspecified atom stereocenters. The number of aromatic amines is 1. The minimum atomic E-state index is -1.000. The van der Waals surface area contributed by atoms with Gasteiger partial charge in [-0.2, -0.15) is 0 Å². The number of nitrogens with one attached hydrogen (secondary N) is 1. The molecule has 3 aliphatic rings. The summed E-state index contributed by atoms with van der Waals surface area (Å²) in [4.78, 5) is 36.0. The highest BCUT2D eigenvalue weighted by atomic mass is 16.5. The van der Waals surface area contributed by atoms with E-state index in [0.717, 1.165) is 67.2 Å². The molecule has 160 valence electrons. The van der Waals surface area contributed by atoms with Crippen molar-refractivity contribution < 1.29 is 19.1 Å². The van der Waals surface area contributed by atoms with E-state index >= 15 is 0 Å². The molecule has 1 N–H and O–H groups in total. The predicted octanol–water partition coefficient (Wildman–Crippen LogP) is 0.951. The second-order valence-electron chi connectivity index (χ2n) is 8.44. The van der Waals surface area contributed by atoms with E-state index in [0.29, 0.717) is 13.1 Å². The van der Waals surface area contributed by atoms with Gasteiger partial charge in [0.2, 0.25) is 5.91 Å². The molecule has 1 aromatic heterocycles. The zero-order valence-electron chi connectivity index (χ0n) is 17.6. The van der Waals surface area contributed by atoms with Gasteiger partial charge in [0.05, 0.1) is 32.6 Å². The third kappa shape index (κ3) is 2.89. The van der Waals surface area contributed by atoms with Crippen molar-refractivity contribution in [3.63, 3.8) is 0 Å². The number of fused-ring (bicyclic) bond motifs is 5. The summed E-state index contributed by atoms with van der Waals surface area (Å²) in [6, 6.07) is 5.90. The quantitative estimate of drug-likeness (QED) is 0.809. The number of aromatic nitrogens is 1. The van der Waals surface area contributed by atoms with E-state index in [1.807, 2.05) is 25.1 Å². The van der Waals surface area contributed by atoms with Crippen LogP contribution in [0.4, 0.5) is 0 Å². The molecule has 30 heavy (non-hydrogen) atoms. The fourth-order valence-corrected chi connectivity index (χ4v) is 5.10. The molecular weight excluding hydrogens is 384 g/mol. The molecule has 3 aliphatic heterocycles. The standard InChI is InChI=1S/C22H28N4O4/c1-22-20-16(17-13-15(29-2)3-4-18(17)23-20)5-6-26(22)19(27)14-25(21(22)28)8-7-24-9-11-30-12-10-24/h3-4,13,23H,5-12,14H2,1-2H3/t22-/m0/s1. The topological polar surface area (TPSA) is 78.1 Å². The van der Waals surface area contributed by atoms with Gasteiger partial charge in [-0.05, 0) is 37.1 Å². The Labute approximate surface area is 175 Å². The van der Waals surface area contributed by atoms with E-state index in [4.69, 9.17) is 9.47 Å². The number of carbonyl (C=O) groups excluding carboxylic acids is 2. The van der Waals surface area contributed by atoms with Crippen LogP contribution in [-0.4, -0.2) is 91.1 Å². The summed E-state index contributed by atoms with van der Waals surface area (Å²) in [7, 11) is 1.65. The molecule has 8 heteroatoms. The molecule has 0 saturated carbocycles. The van der Waals surface area contributed by atoms with Gasteiger partial charge >= 0.3 is 0 Å². The first-order valence-electron chi connectivity index (χ1n) is 10.6. The number of hydrogen-bond acceptors (Lipinski definition) is 5. The Hall–Kier alpha value is -2.58. The van der Waals surface area contributed by atoms with Gasteiger partial charge in [0, 0.05) is 43.6 Å². The van der Waals surface area contributed by atoms with Crippen molar-refractivity contribution in [1.29, 1.82) is 0 Å². The number of rotatable bonds is 4. The summed E-state index contributed by atoms with van der Waals surface area (Å²) in [5, 5.41) is 1.07. The molecule has 4 heterocycles. The van der Waals surface area contributed by atoms with Crippen LogP contribution >= 0.6 is 0 Å². The second kappa shape index (κ2) is 7.28. The summed E-state index contributed by atoms with van der Waals surface area (Å²) in [5.74, 6) is 0.797. The lowest BCUT2D eigenvalue weighted by atomic mass is 9.83. The van der Waals surface area contributed by atoms with Gasteiger partial charge in [0.1, 0.15) is 5.75 Å². The number of amides is 2. The highest BCUT2D eigenvalue weighted by Crippen LogP contribution is 2.42. The second-order valence-corrected chi connectivity index (χ2v) is 8.44. The van der Waals surface area contributed by atoms with Gasteiger partial charge in [-0.1, -0.05) is 0 Å². The van der Waals surface area contributed by atoms with E-state index in [9.17, 15) is 9.59 Å². The highest BCUT2D eigenvalue weighted by Gasteiger charge is 2.54. The van der Waals surface area contributed by atoms with Crippen LogP contribution in [0.3, 0.4) is 0 Å². The SMILES string of the molecule is COc1ccc2[nH]c3c(c2c1)CCN1C(=O)CN(CCN2CCOCC2)C(=O)[C@]31C. The zero-order valence-corrected chi connectivity index (χ0v) is 17.6. The molecule has 0 aliphatic carbocycles. The Kier molecular flexibility index (Phi) is 4.71. The maximum Gasteiger partial charge on any atom is 0.254 e. The minimum absolute atomic E-state index is 0.00479. The lowest BCUT2D eigenvalue weighted by molar-refractivity contribution is -0.166. The molecule has 2 saturated heterocycles. The van der Waals surface area contributed by atoms with Crippen LogP contribution in [0.25, 0.3) is 10.9 Å². The fourth-order valence-electron chi connectivity index (χ4n) is 5.10. The number of piperazine rings is 1. The van der Waals surface area contributed by atoms with Crippen LogP contribution in [0.1, 0.15) is 18.2 Å². The lowest BCUT2D eigenvalue weighted by Gasteiger charge is -2.49. The molecule has 5 rings (SSSR count). The summed E-state index contributed by atoms with van der Waals surface area (Å²) < 4.78 is 10.8. The van der Waals surface area contributed by atoms with E-state index < -0.39 is 5.54 Å². The number of ether oxygens (including phenoxy) is 2. The molecule has 1 aromatic carbocycles. The highest BCUT2D eigenvalue weighted by molar-refractivity contribution is 6.00. The first-order valence-corrected chi connectivity index (χ1v) is 10.6. The lowest BCUT2D eigenvalue weighted by Crippen LogP contribution is -2.67. The molecule has 1 atom stereocenters. The molecule has 2 amide bonds. The summed E-state index contributed by atoms with van der Waals surface area (Å²) >= 11 is 0. The van der Waals surface area contributed by atoms with Gasteiger partial charge in [-0.25, -0.2) is 0 Å². The fraction of sp³-hybridized carbons (Fsp3) is 0.545. The molecular formula is C22H28N4O4. The van der Waals surface area contributed by atoms with E-state index in [1.165, 1.54) is 0 Å². The summed E-state index contributed by atoms with van der Waals surface area (Å²) in [5.41, 5.74) is 1.92. The third-order valence-electron chi connectivity index (χ3n) is 6.85. The molecule has 0 spiro atoms. The average molecular weight is 412 g/mol. The van der Waals surface area contributed by atoms with Crippen LogP contribution in [0, 0.1) is 0 Å². The maximum atomic E-state index is 13.7. The van der Waals surface area contributed by atoms with Crippen LogP contribution in [-0.2, 0) is 26.3 Å². The van der Waals surface area contributed by atoms with Crippen molar-refractivity contribution in [2.45, 2.75) is 18.9 Å². The average Bonchev–Trinajstić information content (AvgIpc) is 3.15. The molecule has 8 nitrogen and oxygen atoms in total. The molecule has 0 radical (unpaired) electrons. The van der Waals surface area contributed by atoms with Crippen LogP contribution < -0.4 is 4.74 Å². The van der Waals surface area contributed by atoms with Gasteiger partial charge in [0.25, 0.3) is 5.91 Å². The van der Waals surface area contributed by atoms with E-state index in [-0.39, 0.29) is 18.4 Å². The van der Waals surface area contributed by atoms with Crippen molar-refractivity contribution in [2.75, 3.05) is 59.6 Å². The first kappa shape index (κ1) is 19.4. The first-order chi connectivity index (χ1) is 14.5. The van der Waals surface area contributed by atoms with Crippen LogP contribution in [0.15, 0.2) is 18.2 Å². The van der Waals surface area contributed by atoms with Gasteiger partial charge in [0.15, 0.2) is 5.54 Å². The van der Waals surface area contributed by atoms with Gasteiger partial charge in [-0.3, -0.25) is 14.5 Å². The third-order valence-corrected chi connectivity index (χ3v) is 6.85. The smallest absolute Gasteiger partial charge is 0.254 e. The van der Waals surface area contributed by atoms with Crippen LogP contribution in [0.2, 0.25) is 0 Å². The maximum absolute atomic E-state index is 13.7. The number of methoxy groups -OCH3 is 1. The van der Waals surface area contributed by atoms with E-state index in [1.54, 1.807) is 16.9 Å². The van der Waals surface area contributed by atoms with Crippen molar-refractivity contribution in [2.24, 2.45) is 0 Å². The molecule has 0 bridgehead atoms.